The van der Waals surface area contributed by atoms with Crippen LogP contribution in [0.3, 0.4) is 0 Å². The molecule has 1 atom stereocenters. The summed E-state index contributed by atoms with van der Waals surface area (Å²) < 4.78 is 13.4. The Hall–Kier alpha value is -3.23. The van der Waals surface area contributed by atoms with Crippen LogP contribution in [0.5, 0.6) is 5.75 Å². The Kier molecular flexibility index (Phi) is 4.71. The molecule has 1 N–H and O–H groups in total. The zero-order chi connectivity index (χ0) is 19.6. The summed E-state index contributed by atoms with van der Waals surface area (Å²) in [7, 11) is 2.08. The lowest BCUT2D eigenvalue weighted by Crippen LogP contribution is -2.44. The van der Waals surface area contributed by atoms with Gasteiger partial charge in [0.2, 0.25) is 0 Å². The van der Waals surface area contributed by atoms with E-state index in [1.165, 1.54) is 0 Å². The molecular weight excluding hydrogens is 368 g/mol. The van der Waals surface area contributed by atoms with Crippen LogP contribution < -0.4 is 10.1 Å². The molecule has 148 valence electrons. The molecule has 0 bridgehead atoms. The zero-order valence-corrected chi connectivity index (χ0v) is 16.2. The van der Waals surface area contributed by atoms with Crippen LogP contribution in [0.4, 0.5) is 0 Å². The minimum atomic E-state index is 0.121. The first-order valence-electron chi connectivity index (χ1n) is 9.67. The minimum Gasteiger partial charge on any atom is -0.487 e. The smallest absolute Gasteiger partial charge is 0.258 e. The first-order valence-corrected chi connectivity index (χ1v) is 9.67. The van der Waals surface area contributed by atoms with E-state index < -0.39 is 0 Å². The van der Waals surface area contributed by atoms with Gasteiger partial charge in [0.25, 0.3) is 5.89 Å². The maximum absolute atomic E-state index is 5.94. The van der Waals surface area contributed by atoms with Gasteiger partial charge in [-0.1, -0.05) is 17.3 Å². The number of benzene rings is 1. The molecule has 5 rings (SSSR count). The van der Waals surface area contributed by atoms with E-state index in [0.29, 0.717) is 18.3 Å². The number of likely N-dealkylation sites (N-methyl/N-ethyl adjacent to an activating group) is 1. The average Bonchev–Trinajstić information content (AvgIpc) is 3.40. The number of hydrogen-bond acceptors (Lipinski definition) is 7. The minimum absolute atomic E-state index is 0.121. The number of imidazole rings is 1. The lowest BCUT2D eigenvalue weighted by molar-refractivity contribution is 0.190. The van der Waals surface area contributed by atoms with Crippen LogP contribution in [0.25, 0.3) is 17.1 Å². The molecule has 1 fully saturated rings. The van der Waals surface area contributed by atoms with Crippen LogP contribution in [0.2, 0.25) is 0 Å². The van der Waals surface area contributed by atoms with Crippen LogP contribution in [-0.4, -0.2) is 51.1 Å². The fourth-order valence-corrected chi connectivity index (χ4v) is 3.51. The molecule has 29 heavy (non-hydrogen) atoms. The van der Waals surface area contributed by atoms with Crippen LogP contribution in [0.15, 0.2) is 59.4 Å². The number of nitrogens with one attached hydrogen (secondary N) is 1. The standard InChI is InChI=1S/C21H22N6O2/c1-26-10-8-22-12-18(26)20-24-21(29-25-20)15-5-4-6-17(11-15)28-14-16-13-27-9-3-2-7-19(27)23-16/h2-7,9,11,13,18,22H,8,10,12,14H2,1H3. The molecule has 1 unspecified atom stereocenters. The van der Waals surface area contributed by atoms with Crippen molar-refractivity contribution in [1.29, 1.82) is 0 Å². The van der Waals surface area contributed by atoms with Crippen LogP contribution in [0, 0.1) is 0 Å². The highest BCUT2D eigenvalue weighted by atomic mass is 16.5. The Labute approximate surface area is 168 Å². The predicted molar refractivity (Wildman–Crippen MR) is 107 cm³/mol. The Balaban J connectivity index is 1.30. The van der Waals surface area contributed by atoms with Gasteiger partial charge in [-0.15, -0.1) is 0 Å². The number of ether oxygens (including phenoxy) is 1. The maximum Gasteiger partial charge on any atom is 0.258 e. The second-order valence-electron chi connectivity index (χ2n) is 7.17. The summed E-state index contributed by atoms with van der Waals surface area (Å²) in [6.45, 7) is 3.14. The van der Waals surface area contributed by atoms with E-state index in [2.05, 4.69) is 32.4 Å². The molecule has 3 aromatic heterocycles. The summed E-state index contributed by atoms with van der Waals surface area (Å²) in [6, 6.07) is 13.7. The third kappa shape index (κ3) is 3.72. The maximum atomic E-state index is 5.94. The summed E-state index contributed by atoms with van der Waals surface area (Å²) in [5.74, 6) is 1.93. The number of piperazine rings is 1. The van der Waals surface area contributed by atoms with Gasteiger partial charge in [0, 0.05) is 37.6 Å². The number of hydrogen-bond donors (Lipinski definition) is 1. The van der Waals surface area contributed by atoms with Gasteiger partial charge in [-0.05, 0) is 37.4 Å². The van der Waals surface area contributed by atoms with Gasteiger partial charge >= 0.3 is 0 Å². The van der Waals surface area contributed by atoms with Gasteiger partial charge in [0.15, 0.2) is 5.82 Å². The van der Waals surface area contributed by atoms with Gasteiger partial charge in [-0.2, -0.15) is 4.98 Å². The van der Waals surface area contributed by atoms with E-state index in [1.54, 1.807) is 0 Å². The molecule has 1 saturated heterocycles. The van der Waals surface area contributed by atoms with Crippen molar-refractivity contribution in [3.05, 3.63) is 66.4 Å². The van der Waals surface area contributed by atoms with E-state index in [0.717, 1.165) is 42.3 Å². The third-order valence-corrected chi connectivity index (χ3v) is 5.13. The summed E-state index contributed by atoms with van der Waals surface area (Å²) in [4.78, 5) is 11.4. The average molecular weight is 390 g/mol. The molecule has 4 aromatic rings. The zero-order valence-electron chi connectivity index (χ0n) is 16.2. The summed E-state index contributed by atoms with van der Waals surface area (Å²) in [6.07, 6.45) is 3.94. The highest BCUT2D eigenvalue weighted by Crippen LogP contribution is 2.26. The first-order chi connectivity index (χ1) is 14.3. The van der Waals surface area contributed by atoms with Crippen molar-refractivity contribution in [2.75, 3.05) is 26.7 Å². The highest BCUT2D eigenvalue weighted by Gasteiger charge is 2.25. The van der Waals surface area contributed by atoms with Gasteiger partial charge in [0.1, 0.15) is 18.0 Å². The van der Waals surface area contributed by atoms with Crippen molar-refractivity contribution in [3.8, 4) is 17.2 Å². The van der Waals surface area contributed by atoms with E-state index >= 15 is 0 Å². The SMILES string of the molecule is CN1CCNCC1c1noc(-c2cccc(OCc3cn4ccccc4n3)c2)n1. The third-order valence-electron chi connectivity index (χ3n) is 5.13. The molecule has 8 nitrogen and oxygen atoms in total. The number of aromatic nitrogens is 4. The molecule has 0 spiro atoms. The summed E-state index contributed by atoms with van der Waals surface area (Å²) in [5, 5.41) is 7.57. The number of rotatable bonds is 5. The summed E-state index contributed by atoms with van der Waals surface area (Å²) in [5.41, 5.74) is 2.61. The van der Waals surface area contributed by atoms with E-state index in [1.807, 2.05) is 59.3 Å². The van der Waals surface area contributed by atoms with Crippen molar-refractivity contribution in [2.24, 2.45) is 0 Å². The Morgan fingerprint density at radius 2 is 2.17 bits per heavy atom. The van der Waals surface area contributed by atoms with Crippen molar-refractivity contribution in [3.63, 3.8) is 0 Å². The molecular formula is C21H22N6O2. The lowest BCUT2D eigenvalue weighted by atomic mass is 10.2. The molecule has 0 saturated carbocycles. The Morgan fingerprint density at radius 3 is 3.07 bits per heavy atom. The Morgan fingerprint density at radius 1 is 1.21 bits per heavy atom. The Bertz CT molecular complexity index is 1090. The molecule has 0 amide bonds. The molecule has 1 aromatic carbocycles. The molecule has 1 aliphatic heterocycles. The molecule has 4 heterocycles. The number of nitrogens with zero attached hydrogens (tertiary/aromatic N) is 5. The van der Waals surface area contributed by atoms with Gasteiger partial charge in [-0.25, -0.2) is 4.98 Å². The van der Waals surface area contributed by atoms with Crippen LogP contribution in [0.1, 0.15) is 17.6 Å². The van der Waals surface area contributed by atoms with E-state index in [4.69, 9.17) is 9.26 Å². The van der Waals surface area contributed by atoms with Gasteiger partial charge in [-0.3, -0.25) is 4.90 Å². The largest absolute Gasteiger partial charge is 0.487 e. The molecule has 0 radical (unpaired) electrons. The van der Waals surface area contributed by atoms with Gasteiger partial charge in [0.05, 0.1) is 11.7 Å². The number of fused-ring (bicyclic) bond motifs is 1. The highest BCUT2D eigenvalue weighted by molar-refractivity contribution is 5.55. The monoisotopic (exact) mass is 390 g/mol. The fraction of sp³-hybridized carbons (Fsp3) is 0.286. The second kappa shape index (κ2) is 7.65. The van der Waals surface area contributed by atoms with E-state index in [-0.39, 0.29) is 6.04 Å². The topological polar surface area (TPSA) is 80.7 Å². The van der Waals surface area contributed by atoms with Gasteiger partial charge < -0.3 is 19.0 Å². The van der Waals surface area contributed by atoms with E-state index in [9.17, 15) is 0 Å². The second-order valence-corrected chi connectivity index (χ2v) is 7.17. The summed E-state index contributed by atoms with van der Waals surface area (Å²) >= 11 is 0. The van der Waals surface area contributed by atoms with Crippen LogP contribution in [-0.2, 0) is 6.61 Å². The van der Waals surface area contributed by atoms with Crippen LogP contribution >= 0.6 is 0 Å². The van der Waals surface area contributed by atoms with Crippen molar-refractivity contribution in [1.82, 2.24) is 29.7 Å². The molecule has 0 aliphatic carbocycles. The number of pyridine rings is 1. The quantitative estimate of drug-likeness (QED) is 0.561. The van der Waals surface area contributed by atoms with Crippen molar-refractivity contribution in [2.45, 2.75) is 12.6 Å². The first kappa shape index (κ1) is 17.8. The predicted octanol–water partition coefficient (Wildman–Crippen LogP) is 2.54. The van der Waals surface area contributed by atoms with Crippen molar-refractivity contribution < 1.29 is 9.26 Å². The molecule has 8 heteroatoms. The fourth-order valence-electron chi connectivity index (χ4n) is 3.51. The molecule has 1 aliphatic rings. The lowest BCUT2D eigenvalue weighted by Gasteiger charge is -2.30. The normalized spacial score (nSPS) is 17.6. The van der Waals surface area contributed by atoms with Crippen molar-refractivity contribution >= 4 is 5.65 Å².